The Bertz CT molecular complexity index is 696. The van der Waals surface area contributed by atoms with Crippen molar-refractivity contribution in [1.82, 2.24) is 5.32 Å². The van der Waals surface area contributed by atoms with Crippen LogP contribution in [-0.4, -0.2) is 23.1 Å². The van der Waals surface area contributed by atoms with E-state index in [0.29, 0.717) is 0 Å². The van der Waals surface area contributed by atoms with Gasteiger partial charge in [0.25, 0.3) is 0 Å². The molecule has 0 saturated heterocycles. The molecule has 4 nitrogen and oxygen atoms in total. The molecular formula is C23H32N2O2. The molecule has 4 N–H and O–H groups in total. The van der Waals surface area contributed by atoms with Crippen molar-refractivity contribution in [2.45, 2.75) is 52.3 Å². The Morgan fingerprint density at radius 1 is 0.926 bits per heavy atom. The smallest absolute Gasteiger partial charge is 0.237 e. The Kier molecular flexibility index (Phi) is 6.45. The van der Waals surface area contributed by atoms with Gasteiger partial charge in [-0.15, -0.1) is 0 Å². The predicted molar refractivity (Wildman–Crippen MR) is 110 cm³/mol. The third-order valence-corrected chi connectivity index (χ3v) is 5.06. The van der Waals surface area contributed by atoms with E-state index < -0.39 is 17.7 Å². The summed E-state index contributed by atoms with van der Waals surface area (Å²) in [7, 11) is 0. The van der Waals surface area contributed by atoms with E-state index in [4.69, 9.17) is 5.73 Å². The second-order valence-electron chi connectivity index (χ2n) is 8.57. The minimum absolute atomic E-state index is 0.0217. The largest absolute Gasteiger partial charge is 0.378 e. The first-order valence-corrected chi connectivity index (χ1v) is 9.48. The van der Waals surface area contributed by atoms with Crippen LogP contribution in [0.5, 0.6) is 0 Å². The van der Waals surface area contributed by atoms with E-state index in [-0.39, 0.29) is 17.2 Å². The number of hydrogen-bond donors (Lipinski definition) is 3. The summed E-state index contributed by atoms with van der Waals surface area (Å²) >= 11 is 0. The summed E-state index contributed by atoms with van der Waals surface area (Å²) in [5, 5.41) is 15.0. The van der Waals surface area contributed by atoms with Crippen molar-refractivity contribution in [3.05, 3.63) is 71.8 Å². The zero-order valence-corrected chi connectivity index (χ0v) is 16.9. The number of nitrogens with one attached hydrogen (secondary N) is 1. The lowest BCUT2D eigenvalue weighted by Crippen LogP contribution is -2.59. The van der Waals surface area contributed by atoms with Gasteiger partial charge in [-0.3, -0.25) is 4.79 Å². The van der Waals surface area contributed by atoms with Crippen molar-refractivity contribution >= 4 is 5.91 Å². The van der Waals surface area contributed by atoms with Crippen LogP contribution in [0.3, 0.4) is 0 Å². The monoisotopic (exact) mass is 368 g/mol. The molecule has 2 rings (SSSR count). The van der Waals surface area contributed by atoms with E-state index in [2.05, 4.69) is 5.32 Å². The molecule has 0 aliphatic heterocycles. The normalized spacial score (nSPS) is 14.7. The van der Waals surface area contributed by atoms with Gasteiger partial charge < -0.3 is 16.2 Å². The van der Waals surface area contributed by atoms with Gasteiger partial charge in [0.05, 0.1) is 12.1 Å². The van der Waals surface area contributed by atoms with Crippen LogP contribution in [0.4, 0.5) is 0 Å². The molecule has 4 heteroatoms. The molecular weight excluding hydrogens is 336 g/mol. The third kappa shape index (κ3) is 4.57. The molecule has 0 bridgehead atoms. The molecule has 0 radical (unpaired) electrons. The minimum atomic E-state index is -1.37. The molecule has 0 aliphatic rings. The van der Waals surface area contributed by atoms with E-state index in [1.165, 1.54) is 0 Å². The lowest BCUT2D eigenvalue weighted by molar-refractivity contribution is -0.128. The van der Waals surface area contributed by atoms with E-state index in [1.54, 1.807) is 0 Å². The quantitative estimate of drug-likeness (QED) is 0.731. The number of rotatable bonds is 6. The summed E-state index contributed by atoms with van der Waals surface area (Å²) in [6, 6.07) is 17.7. The van der Waals surface area contributed by atoms with Gasteiger partial charge in [0.2, 0.25) is 5.91 Å². The maximum absolute atomic E-state index is 12.9. The Labute approximate surface area is 162 Å². The van der Waals surface area contributed by atoms with Gasteiger partial charge in [0.1, 0.15) is 5.60 Å². The molecule has 146 valence electrons. The standard InChI is InChI=1S/C23H32N2O2/c1-16(2)20(25-21(26)19(24)22(3,4)5)23(27,17-12-8-6-9-13-17)18-14-10-7-11-15-18/h6-16,19-20,27H,24H2,1-5H3,(H,25,26)/t19-,20+/m1/s1. The number of amides is 1. The van der Waals surface area contributed by atoms with Gasteiger partial charge in [-0.1, -0.05) is 95.3 Å². The van der Waals surface area contributed by atoms with Crippen LogP contribution in [-0.2, 0) is 10.4 Å². The first-order valence-electron chi connectivity index (χ1n) is 9.48. The molecule has 0 aliphatic carbocycles. The highest BCUT2D eigenvalue weighted by molar-refractivity contribution is 5.82. The second-order valence-corrected chi connectivity index (χ2v) is 8.57. The van der Waals surface area contributed by atoms with Gasteiger partial charge in [0, 0.05) is 0 Å². The molecule has 0 fully saturated rings. The average molecular weight is 369 g/mol. The second kappa shape index (κ2) is 8.24. The summed E-state index contributed by atoms with van der Waals surface area (Å²) in [5.41, 5.74) is 5.90. The maximum atomic E-state index is 12.9. The van der Waals surface area contributed by atoms with Crippen LogP contribution in [0, 0.1) is 11.3 Å². The molecule has 2 aromatic rings. The number of hydrogen-bond acceptors (Lipinski definition) is 3. The highest BCUT2D eigenvalue weighted by atomic mass is 16.3. The average Bonchev–Trinajstić information content (AvgIpc) is 2.65. The predicted octanol–water partition coefficient (Wildman–Crippen LogP) is 3.44. The third-order valence-electron chi connectivity index (χ3n) is 5.06. The van der Waals surface area contributed by atoms with E-state index in [9.17, 15) is 9.90 Å². The van der Waals surface area contributed by atoms with Gasteiger partial charge in [-0.05, 0) is 22.5 Å². The summed E-state index contributed by atoms with van der Waals surface area (Å²) in [4.78, 5) is 12.9. The molecule has 0 unspecified atom stereocenters. The fourth-order valence-electron chi connectivity index (χ4n) is 3.30. The lowest BCUT2D eigenvalue weighted by atomic mass is 9.75. The summed E-state index contributed by atoms with van der Waals surface area (Å²) in [6.07, 6.45) is 0. The Morgan fingerprint density at radius 2 is 1.33 bits per heavy atom. The Morgan fingerprint density at radius 3 is 1.67 bits per heavy atom. The van der Waals surface area contributed by atoms with Crippen LogP contribution in [0.1, 0.15) is 45.7 Å². The van der Waals surface area contributed by atoms with Crippen molar-refractivity contribution in [1.29, 1.82) is 0 Å². The van der Waals surface area contributed by atoms with Crippen molar-refractivity contribution in [2.24, 2.45) is 17.1 Å². The molecule has 0 saturated carbocycles. The summed E-state index contributed by atoms with van der Waals surface area (Å²) < 4.78 is 0. The van der Waals surface area contributed by atoms with Gasteiger partial charge in [0.15, 0.2) is 0 Å². The van der Waals surface area contributed by atoms with E-state index in [1.807, 2.05) is 95.3 Å². The molecule has 0 aromatic heterocycles. The number of carbonyl (C=O) groups excluding carboxylic acids is 1. The highest BCUT2D eigenvalue weighted by Gasteiger charge is 2.43. The first-order chi connectivity index (χ1) is 12.6. The van der Waals surface area contributed by atoms with Gasteiger partial charge in [-0.2, -0.15) is 0 Å². The SMILES string of the molecule is CC(C)[C@H](NC(=O)[C@@H](N)C(C)(C)C)C(O)(c1ccccc1)c1ccccc1. The van der Waals surface area contributed by atoms with Crippen LogP contribution in [0.15, 0.2) is 60.7 Å². The Balaban J connectivity index is 2.53. The van der Waals surface area contributed by atoms with Crippen LogP contribution in [0.2, 0.25) is 0 Å². The summed E-state index contributed by atoms with van der Waals surface area (Å²) in [6.45, 7) is 9.78. The molecule has 27 heavy (non-hydrogen) atoms. The number of benzene rings is 2. The van der Waals surface area contributed by atoms with Crippen LogP contribution in [0.25, 0.3) is 0 Å². The van der Waals surface area contributed by atoms with Crippen molar-refractivity contribution in [3.8, 4) is 0 Å². The van der Waals surface area contributed by atoms with Gasteiger partial charge >= 0.3 is 0 Å². The maximum Gasteiger partial charge on any atom is 0.237 e. The topological polar surface area (TPSA) is 75.4 Å². The van der Waals surface area contributed by atoms with Crippen LogP contribution < -0.4 is 11.1 Å². The molecule has 0 spiro atoms. The van der Waals surface area contributed by atoms with Crippen molar-refractivity contribution < 1.29 is 9.90 Å². The Hall–Kier alpha value is -2.17. The number of carbonyl (C=O) groups is 1. The fourth-order valence-corrected chi connectivity index (χ4v) is 3.30. The summed E-state index contributed by atoms with van der Waals surface area (Å²) in [5.74, 6) is -0.280. The lowest BCUT2D eigenvalue weighted by Gasteiger charge is -2.41. The first kappa shape index (κ1) is 21.1. The molecule has 2 aromatic carbocycles. The zero-order valence-electron chi connectivity index (χ0n) is 16.9. The minimum Gasteiger partial charge on any atom is -0.378 e. The fraction of sp³-hybridized carbons (Fsp3) is 0.435. The van der Waals surface area contributed by atoms with Gasteiger partial charge in [-0.25, -0.2) is 0 Å². The highest BCUT2D eigenvalue weighted by Crippen LogP contribution is 2.36. The molecule has 0 heterocycles. The van der Waals surface area contributed by atoms with Crippen LogP contribution >= 0.6 is 0 Å². The molecule has 1 amide bonds. The van der Waals surface area contributed by atoms with Crippen molar-refractivity contribution in [2.75, 3.05) is 0 Å². The number of aliphatic hydroxyl groups is 1. The van der Waals surface area contributed by atoms with Crippen molar-refractivity contribution in [3.63, 3.8) is 0 Å². The number of nitrogens with two attached hydrogens (primary N) is 1. The zero-order chi connectivity index (χ0) is 20.2. The van der Waals surface area contributed by atoms with E-state index in [0.717, 1.165) is 11.1 Å². The van der Waals surface area contributed by atoms with E-state index >= 15 is 0 Å². The molecule has 2 atom stereocenters.